The SMILES string of the molecule is CC(C)N1CCC(CNc2ccc([N+](=O)[O-])nc2)C1. The van der Waals surface area contributed by atoms with Crippen molar-refractivity contribution in [3.63, 3.8) is 0 Å². The van der Waals surface area contributed by atoms with E-state index >= 15 is 0 Å². The van der Waals surface area contributed by atoms with Gasteiger partial charge in [-0.15, -0.1) is 0 Å². The van der Waals surface area contributed by atoms with Gasteiger partial charge in [-0.3, -0.25) is 0 Å². The molecule has 1 aliphatic heterocycles. The number of hydrogen-bond acceptors (Lipinski definition) is 5. The molecule has 1 aromatic rings. The minimum atomic E-state index is -0.485. The third kappa shape index (κ3) is 3.64. The summed E-state index contributed by atoms with van der Waals surface area (Å²) in [5.41, 5.74) is 0.841. The summed E-state index contributed by atoms with van der Waals surface area (Å²) in [5, 5.41) is 13.8. The summed E-state index contributed by atoms with van der Waals surface area (Å²) in [7, 11) is 0. The zero-order valence-electron chi connectivity index (χ0n) is 11.4. The third-order valence-corrected chi connectivity index (χ3v) is 3.58. The van der Waals surface area contributed by atoms with E-state index in [9.17, 15) is 10.1 Å². The molecule has 6 heteroatoms. The second kappa shape index (κ2) is 5.97. The zero-order valence-corrected chi connectivity index (χ0v) is 11.4. The number of nitro groups is 1. The number of aromatic nitrogens is 1. The number of pyridine rings is 1. The first-order chi connectivity index (χ1) is 9.06. The Balaban J connectivity index is 1.81. The molecule has 19 heavy (non-hydrogen) atoms. The molecule has 0 radical (unpaired) electrons. The fourth-order valence-corrected chi connectivity index (χ4v) is 2.36. The van der Waals surface area contributed by atoms with Gasteiger partial charge in [0.1, 0.15) is 0 Å². The van der Waals surface area contributed by atoms with Gasteiger partial charge in [0, 0.05) is 25.2 Å². The van der Waals surface area contributed by atoms with Gasteiger partial charge in [-0.25, -0.2) is 0 Å². The lowest BCUT2D eigenvalue weighted by atomic mass is 10.1. The highest BCUT2D eigenvalue weighted by Gasteiger charge is 2.23. The molecule has 1 saturated heterocycles. The van der Waals surface area contributed by atoms with Gasteiger partial charge in [-0.1, -0.05) is 0 Å². The Labute approximate surface area is 113 Å². The van der Waals surface area contributed by atoms with E-state index in [0.717, 1.165) is 25.3 Å². The van der Waals surface area contributed by atoms with Crippen LogP contribution in [0.3, 0.4) is 0 Å². The van der Waals surface area contributed by atoms with E-state index < -0.39 is 4.92 Å². The van der Waals surface area contributed by atoms with Crippen LogP contribution in [-0.2, 0) is 0 Å². The monoisotopic (exact) mass is 264 g/mol. The molecule has 2 rings (SSSR count). The molecule has 104 valence electrons. The van der Waals surface area contributed by atoms with Crippen LogP contribution in [-0.4, -0.2) is 40.5 Å². The van der Waals surface area contributed by atoms with Gasteiger partial charge in [-0.2, -0.15) is 0 Å². The van der Waals surface area contributed by atoms with Crippen LogP contribution in [0.2, 0.25) is 0 Å². The summed E-state index contributed by atoms with van der Waals surface area (Å²) in [6.45, 7) is 7.60. The number of anilines is 1. The van der Waals surface area contributed by atoms with Crippen LogP contribution in [0.4, 0.5) is 11.5 Å². The minimum Gasteiger partial charge on any atom is -0.382 e. The maximum absolute atomic E-state index is 10.5. The molecule has 2 heterocycles. The van der Waals surface area contributed by atoms with E-state index in [1.54, 1.807) is 6.07 Å². The van der Waals surface area contributed by atoms with Gasteiger partial charge < -0.3 is 20.3 Å². The quantitative estimate of drug-likeness (QED) is 0.651. The van der Waals surface area contributed by atoms with E-state index in [4.69, 9.17) is 0 Å². The summed E-state index contributed by atoms with van der Waals surface area (Å²) in [6, 6.07) is 3.74. The minimum absolute atomic E-state index is 0.114. The van der Waals surface area contributed by atoms with Crippen LogP contribution in [0.5, 0.6) is 0 Å². The molecule has 1 aliphatic rings. The molecule has 1 N–H and O–H groups in total. The van der Waals surface area contributed by atoms with Gasteiger partial charge in [-0.05, 0) is 48.7 Å². The van der Waals surface area contributed by atoms with Crippen molar-refractivity contribution in [1.29, 1.82) is 0 Å². The van der Waals surface area contributed by atoms with Crippen molar-refractivity contribution >= 4 is 11.5 Å². The Morgan fingerprint density at radius 1 is 1.58 bits per heavy atom. The molecule has 0 spiro atoms. The lowest BCUT2D eigenvalue weighted by Gasteiger charge is -2.20. The van der Waals surface area contributed by atoms with Crippen molar-refractivity contribution in [3.8, 4) is 0 Å². The van der Waals surface area contributed by atoms with Gasteiger partial charge in [0.25, 0.3) is 0 Å². The standard InChI is InChI=1S/C13H20N4O2/c1-10(2)16-6-5-11(9-16)7-14-12-3-4-13(15-8-12)17(18)19/h3-4,8,10-11,14H,5-7,9H2,1-2H3. The molecule has 0 aliphatic carbocycles. The smallest absolute Gasteiger partial charge is 0.363 e. The van der Waals surface area contributed by atoms with E-state index in [1.807, 2.05) is 0 Å². The molecule has 1 atom stereocenters. The van der Waals surface area contributed by atoms with Crippen LogP contribution in [0.1, 0.15) is 20.3 Å². The lowest BCUT2D eigenvalue weighted by Crippen LogP contribution is -2.29. The van der Waals surface area contributed by atoms with Gasteiger partial charge in [0.15, 0.2) is 6.20 Å². The van der Waals surface area contributed by atoms with E-state index in [1.165, 1.54) is 18.7 Å². The molecule has 1 aromatic heterocycles. The summed E-state index contributed by atoms with van der Waals surface area (Å²) in [4.78, 5) is 16.3. The number of rotatable bonds is 5. The highest BCUT2D eigenvalue weighted by atomic mass is 16.6. The van der Waals surface area contributed by atoms with Gasteiger partial charge in [0.2, 0.25) is 0 Å². The Morgan fingerprint density at radius 3 is 2.89 bits per heavy atom. The molecular weight excluding hydrogens is 244 g/mol. The van der Waals surface area contributed by atoms with E-state index in [2.05, 4.69) is 29.0 Å². The fraction of sp³-hybridized carbons (Fsp3) is 0.615. The molecule has 6 nitrogen and oxygen atoms in total. The van der Waals surface area contributed by atoms with E-state index in [0.29, 0.717) is 12.0 Å². The van der Waals surface area contributed by atoms with Gasteiger partial charge >= 0.3 is 5.82 Å². The predicted octanol–water partition coefficient (Wildman–Crippen LogP) is 2.13. The summed E-state index contributed by atoms with van der Waals surface area (Å²) < 4.78 is 0. The molecule has 1 unspecified atom stereocenters. The summed E-state index contributed by atoms with van der Waals surface area (Å²) in [6.07, 6.45) is 2.72. The van der Waals surface area contributed by atoms with Crippen LogP contribution in [0.15, 0.2) is 18.3 Å². The first-order valence-corrected chi connectivity index (χ1v) is 6.64. The van der Waals surface area contributed by atoms with Crippen molar-refractivity contribution in [1.82, 2.24) is 9.88 Å². The summed E-state index contributed by atoms with van der Waals surface area (Å²) in [5.74, 6) is 0.523. The van der Waals surface area contributed by atoms with Crippen molar-refractivity contribution in [2.75, 3.05) is 25.0 Å². The highest BCUT2D eigenvalue weighted by Crippen LogP contribution is 2.19. The average molecular weight is 264 g/mol. The first-order valence-electron chi connectivity index (χ1n) is 6.64. The normalized spacial score (nSPS) is 19.8. The average Bonchev–Trinajstić information content (AvgIpc) is 2.86. The highest BCUT2D eigenvalue weighted by molar-refractivity contribution is 5.43. The zero-order chi connectivity index (χ0) is 13.8. The maximum atomic E-state index is 10.5. The van der Waals surface area contributed by atoms with Crippen LogP contribution in [0, 0.1) is 16.0 Å². The first kappa shape index (κ1) is 13.7. The molecule has 0 saturated carbocycles. The molecular formula is C13H20N4O2. The maximum Gasteiger partial charge on any atom is 0.363 e. The largest absolute Gasteiger partial charge is 0.382 e. The topological polar surface area (TPSA) is 71.3 Å². The molecule has 0 bridgehead atoms. The number of likely N-dealkylation sites (tertiary alicyclic amines) is 1. The van der Waals surface area contributed by atoms with Crippen LogP contribution in [0.25, 0.3) is 0 Å². The Kier molecular flexibility index (Phi) is 4.31. The second-order valence-electron chi connectivity index (χ2n) is 5.29. The Bertz CT molecular complexity index is 433. The van der Waals surface area contributed by atoms with Crippen molar-refractivity contribution in [2.24, 2.45) is 5.92 Å². The number of nitrogens with one attached hydrogen (secondary N) is 1. The predicted molar refractivity (Wildman–Crippen MR) is 74.2 cm³/mol. The molecule has 0 amide bonds. The van der Waals surface area contributed by atoms with Crippen molar-refractivity contribution in [3.05, 3.63) is 28.4 Å². The van der Waals surface area contributed by atoms with E-state index in [-0.39, 0.29) is 5.82 Å². The van der Waals surface area contributed by atoms with Crippen LogP contribution < -0.4 is 5.32 Å². The van der Waals surface area contributed by atoms with Crippen molar-refractivity contribution < 1.29 is 4.92 Å². The molecule has 1 fully saturated rings. The fourth-order valence-electron chi connectivity index (χ4n) is 2.36. The number of nitrogens with zero attached hydrogens (tertiary/aromatic N) is 3. The number of hydrogen-bond donors (Lipinski definition) is 1. The van der Waals surface area contributed by atoms with Crippen molar-refractivity contribution in [2.45, 2.75) is 26.3 Å². The van der Waals surface area contributed by atoms with Crippen LogP contribution >= 0.6 is 0 Å². The third-order valence-electron chi connectivity index (χ3n) is 3.58. The lowest BCUT2D eigenvalue weighted by molar-refractivity contribution is -0.389. The Hall–Kier alpha value is -1.69. The summed E-state index contributed by atoms with van der Waals surface area (Å²) >= 11 is 0. The van der Waals surface area contributed by atoms with Gasteiger partial charge in [0.05, 0.1) is 5.69 Å². The Morgan fingerprint density at radius 2 is 2.37 bits per heavy atom. The molecule has 0 aromatic carbocycles. The second-order valence-corrected chi connectivity index (χ2v) is 5.29.